The van der Waals surface area contributed by atoms with Crippen molar-refractivity contribution in [3.63, 3.8) is 0 Å². The van der Waals surface area contributed by atoms with Crippen LogP contribution in [-0.2, 0) is 4.79 Å². The summed E-state index contributed by atoms with van der Waals surface area (Å²) in [5.41, 5.74) is 0.458. The summed E-state index contributed by atoms with van der Waals surface area (Å²) >= 11 is 0. The minimum absolute atomic E-state index is 0.618. The first-order valence-electron chi connectivity index (χ1n) is 6.96. The summed E-state index contributed by atoms with van der Waals surface area (Å²) in [4.78, 5) is 13.0. The summed E-state index contributed by atoms with van der Waals surface area (Å²) in [6.45, 7) is 4.14. The Morgan fingerprint density at radius 1 is 1.30 bits per heavy atom. The molecule has 0 saturated carbocycles. The molecule has 1 rings (SSSR count). The van der Waals surface area contributed by atoms with Crippen molar-refractivity contribution < 1.29 is 14.6 Å². The minimum Gasteiger partial charge on any atom is -0.494 e. The van der Waals surface area contributed by atoms with Gasteiger partial charge in [0.05, 0.1) is 12.0 Å². The predicted molar refractivity (Wildman–Crippen MR) is 81.5 cm³/mol. The third-order valence-corrected chi connectivity index (χ3v) is 3.38. The van der Waals surface area contributed by atoms with E-state index in [1.54, 1.807) is 13.8 Å². The molecule has 4 heteroatoms. The maximum atomic E-state index is 11.0. The van der Waals surface area contributed by atoms with Gasteiger partial charge in [-0.3, -0.25) is 4.79 Å². The van der Waals surface area contributed by atoms with E-state index in [-0.39, 0.29) is 0 Å². The van der Waals surface area contributed by atoms with Crippen molar-refractivity contribution in [2.24, 2.45) is 5.41 Å². The van der Waals surface area contributed by atoms with E-state index in [1.165, 1.54) is 0 Å². The topological polar surface area (TPSA) is 49.8 Å². The van der Waals surface area contributed by atoms with Gasteiger partial charge in [0.25, 0.3) is 0 Å². The van der Waals surface area contributed by atoms with Crippen LogP contribution in [0.4, 0.5) is 5.69 Å². The highest BCUT2D eigenvalue weighted by Crippen LogP contribution is 2.24. The first-order valence-corrected chi connectivity index (χ1v) is 6.96. The van der Waals surface area contributed by atoms with Crippen molar-refractivity contribution in [2.75, 3.05) is 25.6 Å². The number of rotatable bonds is 8. The first-order chi connectivity index (χ1) is 9.33. The van der Waals surface area contributed by atoms with Crippen molar-refractivity contribution in [2.45, 2.75) is 33.1 Å². The summed E-state index contributed by atoms with van der Waals surface area (Å²) in [6.07, 6.45) is 2.39. The molecule has 0 aliphatic rings. The molecule has 112 valence electrons. The van der Waals surface area contributed by atoms with Gasteiger partial charge in [-0.15, -0.1) is 0 Å². The highest BCUT2D eigenvalue weighted by molar-refractivity contribution is 5.73. The Kier molecular flexibility index (Phi) is 5.86. The minimum atomic E-state index is -0.739. The van der Waals surface area contributed by atoms with Crippen LogP contribution in [0.25, 0.3) is 0 Å². The highest BCUT2D eigenvalue weighted by Gasteiger charge is 2.25. The van der Waals surface area contributed by atoms with Crippen molar-refractivity contribution in [3.8, 4) is 5.75 Å². The largest absolute Gasteiger partial charge is 0.494 e. The summed E-state index contributed by atoms with van der Waals surface area (Å²) in [5, 5.41) is 9.02. The molecular formula is C16H25NO3. The van der Waals surface area contributed by atoms with Crippen LogP contribution in [0.3, 0.4) is 0 Å². The van der Waals surface area contributed by atoms with Gasteiger partial charge in [0, 0.05) is 25.8 Å². The second-order valence-corrected chi connectivity index (χ2v) is 5.89. The lowest BCUT2D eigenvalue weighted by atomic mass is 9.87. The molecule has 0 amide bonds. The zero-order chi connectivity index (χ0) is 15.2. The van der Waals surface area contributed by atoms with Gasteiger partial charge in [0.1, 0.15) is 5.75 Å². The number of hydrogen-bond donors (Lipinski definition) is 1. The first kappa shape index (κ1) is 16.3. The molecule has 0 radical (unpaired) electrons. The van der Waals surface area contributed by atoms with Crippen LogP contribution < -0.4 is 9.64 Å². The third-order valence-electron chi connectivity index (χ3n) is 3.38. The van der Waals surface area contributed by atoms with Crippen LogP contribution in [0.1, 0.15) is 33.1 Å². The lowest BCUT2D eigenvalue weighted by molar-refractivity contribution is -0.147. The number of carboxylic acid groups (broad SMARTS) is 1. The second-order valence-electron chi connectivity index (χ2n) is 5.89. The maximum Gasteiger partial charge on any atom is 0.309 e. The summed E-state index contributed by atoms with van der Waals surface area (Å²) in [5.74, 6) is 0.116. The van der Waals surface area contributed by atoms with E-state index in [1.807, 2.05) is 43.3 Å². The number of carboxylic acids is 1. The normalized spacial score (nSPS) is 11.2. The fraction of sp³-hybridized carbons (Fsp3) is 0.562. The average molecular weight is 279 g/mol. The quantitative estimate of drug-likeness (QED) is 0.741. The van der Waals surface area contributed by atoms with E-state index in [0.717, 1.165) is 24.3 Å². The fourth-order valence-corrected chi connectivity index (χ4v) is 1.82. The van der Waals surface area contributed by atoms with Crippen LogP contribution in [0.5, 0.6) is 5.75 Å². The molecule has 0 aliphatic carbocycles. The summed E-state index contributed by atoms with van der Waals surface area (Å²) in [7, 11) is 3.99. The predicted octanol–water partition coefficient (Wildman–Crippen LogP) is 3.41. The van der Waals surface area contributed by atoms with Gasteiger partial charge in [-0.1, -0.05) is 6.07 Å². The fourth-order valence-electron chi connectivity index (χ4n) is 1.82. The van der Waals surface area contributed by atoms with E-state index in [4.69, 9.17) is 9.84 Å². The standard InChI is InChI=1S/C16H25NO3/c1-16(2,15(18)19)10-5-6-11-20-14-9-7-8-13(12-14)17(3)4/h7-9,12H,5-6,10-11H2,1-4H3,(H,18,19). The Balaban J connectivity index is 2.31. The van der Waals surface area contributed by atoms with E-state index in [9.17, 15) is 4.79 Å². The van der Waals surface area contributed by atoms with Gasteiger partial charge in [-0.05, 0) is 45.2 Å². The van der Waals surface area contributed by atoms with Gasteiger partial charge < -0.3 is 14.7 Å². The van der Waals surface area contributed by atoms with Gasteiger partial charge in [-0.2, -0.15) is 0 Å². The van der Waals surface area contributed by atoms with E-state index in [0.29, 0.717) is 13.0 Å². The Bertz CT molecular complexity index is 441. The number of anilines is 1. The molecule has 0 aliphatic heterocycles. The Labute approximate surface area is 121 Å². The lowest BCUT2D eigenvalue weighted by Crippen LogP contribution is -2.23. The molecule has 0 heterocycles. The third kappa shape index (κ3) is 5.11. The van der Waals surface area contributed by atoms with Gasteiger partial charge in [0.15, 0.2) is 0 Å². The Hall–Kier alpha value is -1.71. The van der Waals surface area contributed by atoms with Gasteiger partial charge >= 0.3 is 5.97 Å². The number of hydrogen-bond acceptors (Lipinski definition) is 3. The average Bonchev–Trinajstić information content (AvgIpc) is 2.38. The van der Waals surface area contributed by atoms with Gasteiger partial charge in [-0.25, -0.2) is 0 Å². The van der Waals surface area contributed by atoms with E-state index < -0.39 is 11.4 Å². The molecule has 0 bridgehead atoms. The van der Waals surface area contributed by atoms with Crippen LogP contribution in [-0.4, -0.2) is 31.8 Å². The highest BCUT2D eigenvalue weighted by atomic mass is 16.5. The Morgan fingerprint density at radius 2 is 2.00 bits per heavy atom. The number of nitrogens with zero attached hydrogens (tertiary/aromatic N) is 1. The number of unbranched alkanes of at least 4 members (excludes halogenated alkanes) is 1. The molecule has 0 unspecified atom stereocenters. The molecule has 0 aromatic heterocycles. The number of carbonyl (C=O) groups is 1. The van der Waals surface area contributed by atoms with Crippen molar-refractivity contribution >= 4 is 11.7 Å². The zero-order valence-corrected chi connectivity index (χ0v) is 12.8. The van der Waals surface area contributed by atoms with Gasteiger partial charge in [0.2, 0.25) is 0 Å². The number of ether oxygens (including phenoxy) is 1. The molecule has 0 atom stereocenters. The van der Waals surface area contributed by atoms with Crippen molar-refractivity contribution in [3.05, 3.63) is 24.3 Å². The summed E-state index contributed by atoms with van der Waals surface area (Å²) < 4.78 is 5.70. The van der Waals surface area contributed by atoms with Crippen molar-refractivity contribution in [1.29, 1.82) is 0 Å². The molecule has 20 heavy (non-hydrogen) atoms. The Morgan fingerprint density at radius 3 is 2.60 bits per heavy atom. The zero-order valence-electron chi connectivity index (χ0n) is 12.8. The van der Waals surface area contributed by atoms with Crippen LogP contribution in [0.2, 0.25) is 0 Å². The maximum absolute atomic E-state index is 11.0. The summed E-state index contributed by atoms with van der Waals surface area (Å²) in [6, 6.07) is 7.94. The second kappa shape index (κ2) is 7.17. The van der Waals surface area contributed by atoms with E-state index >= 15 is 0 Å². The van der Waals surface area contributed by atoms with E-state index in [2.05, 4.69) is 0 Å². The molecule has 0 fully saturated rings. The van der Waals surface area contributed by atoms with Crippen LogP contribution >= 0.6 is 0 Å². The smallest absolute Gasteiger partial charge is 0.309 e. The molecule has 4 nitrogen and oxygen atoms in total. The SMILES string of the molecule is CN(C)c1cccc(OCCCCC(C)(C)C(=O)O)c1. The number of aliphatic carboxylic acids is 1. The molecule has 1 aromatic carbocycles. The molecule has 1 aromatic rings. The molecule has 0 spiro atoms. The van der Waals surface area contributed by atoms with Crippen LogP contribution in [0.15, 0.2) is 24.3 Å². The van der Waals surface area contributed by atoms with Crippen molar-refractivity contribution in [1.82, 2.24) is 0 Å². The van der Waals surface area contributed by atoms with Crippen LogP contribution in [0, 0.1) is 5.41 Å². The molecule has 1 N–H and O–H groups in total. The molecular weight excluding hydrogens is 254 g/mol. The monoisotopic (exact) mass is 279 g/mol. The number of benzene rings is 1. The lowest BCUT2D eigenvalue weighted by Gasteiger charge is -2.18. The molecule has 0 saturated heterocycles.